The SMILES string of the molecule is CC.CCCCCCCCCCCCCCN(CCCCN(CCCCCCCCCCCCCC)CC(O)CCCCCC(=O)OCCCCCCCCCCCC)CC(O)CN.CCCCCCCCCCCCCCN(CCCCN(CCCCCCCCCCCCCC)CC(O)CNCCCC(=O)OCCCCCCCCCCCC)CC(O)CNCCCC(=O)OCCCCCCCCCCCC. The summed E-state index contributed by atoms with van der Waals surface area (Å²) in [6, 6.07) is 0. The van der Waals surface area contributed by atoms with Crippen LogP contribution < -0.4 is 16.4 Å². The molecule has 0 bridgehead atoms. The Morgan fingerprint density at radius 1 is 0.208 bits per heavy atom. The Morgan fingerprint density at radius 2 is 0.368 bits per heavy atom. The van der Waals surface area contributed by atoms with Crippen LogP contribution in [0, 0.1) is 0 Å². The van der Waals surface area contributed by atoms with Crippen molar-refractivity contribution in [1.82, 2.24) is 30.2 Å². The van der Waals surface area contributed by atoms with Crippen LogP contribution in [0.4, 0.5) is 0 Å². The van der Waals surface area contributed by atoms with Crippen molar-refractivity contribution in [3.63, 3.8) is 0 Å². The number of nitrogens with two attached hydrogens (primary N) is 1. The number of nitrogens with zero attached hydrogens (tertiary/aromatic N) is 4. The second-order valence-electron chi connectivity index (χ2n) is 44.4. The third kappa shape index (κ3) is 122. The summed E-state index contributed by atoms with van der Waals surface area (Å²) in [5.74, 6) is -0.257. The Bertz CT molecular complexity index is 2300. The van der Waals surface area contributed by atoms with Crippen LogP contribution in [0.15, 0.2) is 0 Å². The number of esters is 3. The topological polar surface area (TPSA) is 223 Å². The summed E-state index contributed by atoms with van der Waals surface area (Å²) in [6.07, 6.45) is 112. The molecule has 0 aliphatic rings. The normalized spacial score (nSPS) is 12.5. The molecule has 0 aromatic rings. The van der Waals surface area contributed by atoms with E-state index in [1.807, 2.05) is 13.8 Å². The van der Waals surface area contributed by atoms with Gasteiger partial charge in [0.25, 0.3) is 0 Å². The van der Waals surface area contributed by atoms with E-state index >= 15 is 0 Å². The molecule has 0 spiro atoms. The summed E-state index contributed by atoms with van der Waals surface area (Å²) < 4.78 is 16.6. The van der Waals surface area contributed by atoms with Gasteiger partial charge in [0, 0.05) is 65.1 Å². The van der Waals surface area contributed by atoms with Crippen LogP contribution in [0.25, 0.3) is 0 Å². The van der Waals surface area contributed by atoms with Gasteiger partial charge in [0.15, 0.2) is 0 Å². The Labute approximate surface area is 899 Å². The first kappa shape index (κ1) is 146. The maximum atomic E-state index is 12.4. The van der Waals surface area contributed by atoms with E-state index in [2.05, 4.69) is 78.7 Å². The fraction of sp³-hybridized carbons (Fsp3) is 0.976. The second-order valence-corrected chi connectivity index (χ2v) is 44.4. The van der Waals surface area contributed by atoms with Crippen molar-refractivity contribution in [2.45, 2.75) is 671 Å². The van der Waals surface area contributed by atoms with E-state index in [-0.39, 0.29) is 24.0 Å². The number of nitrogens with one attached hydrogen (secondary N) is 2. The molecule has 17 heteroatoms. The van der Waals surface area contributed by atoms with Crippen LogP contribution in [-0.4, -0.2) is 213 Å². The van der Waals surface area contributed by atoms with Crippen LogP contribution in [-0.2, 0) is 28.6 Å². The Morgan fingerprint density at radius 3 is 0.569 bits per heavy atom. The number of aliphatic hydroxyl groups is 4. The summed E-state index contributed by atoms with van der Waals surface area (Å²) in [5, 5.41) is 50.9. The molecule has 0 heterocycles. The molecule has 0 saturated carbocycles. The first-order chi connectivity index (χ1) is 70.8. The quantitative estimate of drug-likeness (QED) is 0.0171. The number of ether oxygens (including phenoxy) is 3. The van der Waals surface area contributed by atoms with Gasteiger partial charge in [0.1, 0.15) is 0 Å². The van der Waals surface area contributed by atoms with Crippen molar-refractivity contribution < 1.29 is 49.0 Å². The first-order valence-corrected chi connectivity index (χ1v) is 65.0. The lowest BCUT2D eigenvalue weighted by Gasteiger charge is -2.27. The van der Waals surface area contributed by atoms with Crippen LogP contribution in [0.1, 0.15) is 647 Å². The monoisotopic (exact) mass is 2050 g/mol. The zero-order chi connectivity index (χ0) is 105. The molecular formula is C127H261N7O10. The first-order valence-electron chi connectivity index (χ1n) is 65.0. The van der Waals surface area contributed by atoms with Crippen LogP contribution in [0.2, 0.25) is 0 Å². The van der Waals surface area contributed by atoms with Crippen LogP contribution >= 0.6 is 0 Å². The minimum absolute atomic E-state index is 0.0553. The molecular weight excluding hydrogens is 1780 g/mol. The number of rotatable bonds is 122. The summed E-state index contributed by atoms with van der Waals surface area (Å²) in [5.41, 5.74) is 5.83. The number of carbonyl (C=O) groups excluding carboxylic acids is 3. The zero-order valence-corrected chi connectivity index (χ0v) is 98.9. The van der Waals surface area contributed by atoms with Gasteiger partial charge in [-0.1, -0.05) is 531 Å². The van der Waals surface area contributed by atoms with Crippen LogP contribution in [0.3, 0.4) is 0 Å². The van der Waals surface area contributed by atoms with E-state index in [0.717, 1.165) is 162 Å². The van der Waals surface area contributed by atoms with E-state index in [1.54, 1.807) is 0 Å². The smallest absolute Gasteiger partial charge is 0.305 e. The van der Waals surface area contributed by atoms with Gasteiger partial charge in [-0.25, -0.2) is 0 Å². The maximum Gasteiger partial charge on any atom is 0.305 e. The van der Waals surface area contributed by atoms with Crippen molar-refractivity contribution in [2.75, 3.05) is 131 Å². The highest BCUT2D eigenvalue weighted by molar-refractivity contribution is 5.70. The third-order valence-electron chi connectivity index (χ3n) is 29.8. The van der Waals surface area contributed by atoms with Gasteiger partial charge in [-0.05, 0) is 162 Å². The fourth-order valence-electron chi connectivity index (χ4n) is 20.3. The number of carbonyl (C=O) groups is 3. The molecule has 0 rings (SSSR count). The molecule has 0 aliphatic carbocycles. The van der Waals surface area contributed by atoms with Crippen molar-refractivity contribution in [1.29, 1.82) is 0 Å². The van der Waals surface area contributed by atoms with Crippen molar-refractivity contribution in [2.24, 2.45) is 5.73 Å². The number of unbranched alkanes of at least 4 members (excludes halogenated alkanes) is 75. The minimum Gasteiger partial charge on any atom is -0.466 e. The molecule has 17 nitrogen and oxygen atoms in total. The average molecular weight is 2050 g/mol. The second kappa shape index (κ2) is 128. The van der Waals surface area contributed by atoms with E-state index in [1.165, 1.54) is 462 Å². The Kier molecular flexibility index (Phi) is 130. The van der Waals surface area contributed by atoms with E-state index < -0.39 is 18.3 Å². The number of hydrogen-bond acceptors (Lipinski definition) is 17. The zero-order valence-electron chi connectivity index (χ0n) is 98.9. The predicted molar refractivity (Wildman–Crippen MR) is 629 cm³/mol. The molecule has 144 heavy (non-hydrogen) atoms. The molecule has 0 aliphatic heterocycles. The molecule has 0 saturated heterocycles. The van der Waals surface area contributed by atoms with Gasteiger partial charge in [-0.3, -0.25) is 14.4 Å². The highest BCUT2D eigenvalue weighted by atomic mass is 16.5. The average Bonchev–Trinajstić information content (AvgIpc) is 0.951. The van der Waals surface area contributed by atoms with Gasteiger partial charge >= 0.3 is 17.9 Å². The highest BCUT2D eigenvalue weighted by Gasteiger charge is 2.19. The van der Waals surface area contributed by atoms with Gasteiger partial charge in [-0.2, -0.15) is 0 Å². The molecule has 0 aromatic heterocycles. The van der Waals surface area contributed by atoms with Gasteiger partial charge in [-0.15, -0.1) is 0 Å². The minimum atomic E-state index is -0.458. The summed E-state index contributed by atoms with van der Waals surface area (Å²) >= 11 is 0. The molecule has 4 atom stereocenters. The number of hydrogen-bond donors (Lipinski definition) is 7. The fourth-order valence-corrected chi connectivity index (χ4v) is 20.3. The van der Waals surface area contributed by atoms with Crippen LogP contribution in [0.5, 0.6) is 0 Å². The molecule has 864 valence electrons. The largest absolute Gasteiger partial charge is 0.466 e. The van der Waals surface area contributed by atoms with Crippen molar-refractivity contribution in [3.8, 4) is 0 Å². The summed E-state index contributed by atoms with van der Waals surface area (Å²) in [4.78, 5) is 47.0. The van der Waals surface area contributed by atoms with Gasteiger partial charge < -0.3 is 70.6 Å². The highest BCUT2D eigenvalue weighted by Crippen LogP contribution is 2.22. The molecule has 0 amide bonds. The Hall–Kier alpha value is -2.03. The van der Waals surface area contributed by atoms with Crippen molar-refractivity contribution in [3.05, 3.63) is 0 Å². The van der Waals surface area contributed by atoms with Crippen molar-refractivity contribution >= 4 is 17.9 Å². The van der Waals surface area contributed by atoms with E-state index in [9.17, 15) is 34.8 Å². The van der Waals surface area contributed by atoms with E-state index in [4.69, 9.17) is 19.9 Å². The Balaban J connectivity index is -0.00000280. The molecule has 8 N–H and O–H groups in total. The lowest BCUT2D eigenvalue weighted by Crippen LogP contribution is -2.40. The number of aliphatic hydroxyl groups excluding tert-OH is 4. The third-order valence-corrected chi connectivity index (χ3v) is 29.8. The summed E-state index contributed by atoms with van der Waals surface area (Å²) in [7, 11) is 0. The predicted octanol–water partition coefficient (Wildman–Crippen LogP) is 34.1. The lowest BCUT2D eigenvalue weighted by atomic mass is 10.0. The lowest BCUT2D eigenvalue weighted by molar-refractivity contribution is -0.144. The van der Waals surface area contributed by atoms with Gasteiger partial charge in [0.2, 0.25) is 0 Å². The summed E-state index contributed by atoms with van der Waals surface area (Å²) in [6.45, 7) is 35.2. The molecule has 0 aromatic carbocycles. The van der Waals surface area contributed by atoms with Gasteiger partial charge in [0.05, 0.1) is 44.2 Å². The molecule has 4 unspecified atom stereocenters. The standard InChI is InChI=1S/C70H142N4O6.C55H113N3O4.C2H6/c1-5-9-13-17-21-25-29-31-33-37-41-45-57-73(65-67(75)63-71-55-51-53-69(77)79-61-49-43-39-35-27-23-19-15-11-7-3)59-47-48-60-74(58-46-42-38-34-32-30-26-22-18-14-10-6-2)66-68(76)64-72-56-52-54-70(78)80-62-50-44-40-36-28-24-20-16-12-8-4;1-4-7-10-13-16-19-22-24-26-29-32-38-45-57(51-53(59)43-36-35-37-44-55(61)62-49-42-34-31-28-21-18-15-12-9-6-3)47-40-41-48-58(52-54(60)50-56)46-39-33-30-27-25-23-20-17-14-11-8-5-2;1-2/h67-68,71-72,75-76H,5-66H2,1-4H3;53-54,59-60H,4-52,56H2,1-3H3;1-2H3. The van der Waals surface area contributed by atoms with E-state index in [0.29, 0.717) is 91.4 Å². The molecule has 0 fully saturated rings. The maximum absolute atomic E-state index is 12.4. The molecule has 0 radical (unpaired) electrons.